The normalized spacial score (nSPS) is 16.5. The van der Waals surface area contributed by atoms with Crippen molar-refractivity contribution < 1.29 is 14.4 Å². The second kappa shape index (κ2) is 9.26. The van der Waals surface area contributed by atoms with Gasteiger partial charge in [0.05, 0.1) is 10.9 Å². The lowest BCUT2D eigenvalue weighted by molar-refractivity contribution is -0.121. The Morgan fingerprint density at radius 1 is 1.21 bits per heavy atom. The summed E-state index contributed by atoms with van der Waals surface area (Å²) in [6, 6.07) is 14.0. The summed E-state index contributed by atoms with van der Waals surface area (Å²) in [5, 5.41) is 2.86. The number of carbonyl (C=O) groups is 3. The maximum absolute atomic E-state index is 12.7. The van der Waals surface area contributed by atoms with E-state index in [9.17, 15) is 14.4 Å². The molecule has 0 spiro atoms. The zero-order chi connectivity index (χ0) is 20.1. The summed E-state index contributed by atoms with van der Waals surface area (Å²) in [5.74, 6) is -0.477. The van der Waals surface area contributed by atoms with Crippen molar-refractivity contribution in [2.45, 2.75) is 42.8 Å². The van der Waals surface area contributed by atoms with Gasteiger partial charge in [-0.2, -0.15) is 0 Å². The average molecular weight is 417 g/mol. The minimum absolute atomic E-state index is 0.00372. The summed E-state index contributed by atoms with van der Waals surface area (Å²) >= 11 is 7.33. The van der Waals surface area contributed by atoms with E-state index in [1.165, 1.54) is 16.7 Å². The number of halogens is 1. The van der Waals surface area contributed by atoms with Crippen LogP contribution in [-0.4, -0.2) is 23.0 Å². The number of benzene rings is 2. The summed E-state index contributed by atoms with van der Waals surface area (Å²) in [6.07, 6.45) is 2.49. The third-order valence-electron chi connectivity index (χ3n) is 4.35. The van der Waals surface area contributed by atoms with Crippen molar-refractivity contribution in [1.82, 2.24) is 0 Å². The number of rotatable bonds is 7. The quantitative estimate of drug-likeness (QED) is 0.652. The van der Waals surface area contributed by atoms with Crippen molar-refractivity contribution in [3.05, 3.63) is 53.6 Å². The standard InChI is InChI=1S/C21H21ClN2O3S/c1-2-3-7-19(25)23-15-8-10-17(11-9-15)28-18-13-20(26)24(21(18)27)16-6-4-5-14(22)12-16/h4-6,8-12,18H,2-3,7,13H2,1H3,(H,23,25)/t18-/m0/s1. The highest BCUT2D eigenvalue weighted by atomic mass is 35.5. The molecule has 1 aliphatic heterocycles. The minimum Gasteiger partial charge on any atom is -0.326 e. The molecular weight excluding hydrogens is 396 g/mol. The molecule has 0 bridgehead atoms. The van der Waals surface area contributed by atoms with E-state index in [4.69, 9.17) is 11.6 Å². The van der Waals surface area contributed by atoms with Crippen LogP contribution in [0.15, 0.2) is 53.4 Å². The van der Waals surface area contributed by atoms with Crippen molar-refractivity contribution in [2.75, 3.05) is 10.2 Å². The predicted octanol–water partition coefficient (Wildman–Crippen LogP) is 4.89. The minimum atomic E-state index is -0.475. The van der Waals surface area contributed by atoms with E-state index in [0.717, 1.165) is 23.4 Å². The molecule has 3 amide bonds. The molecule has 1 saturated heterocycles. The highest BCUT2D eigenvalue weighted by molar-refractivity contribution is 8.00. The molecule has 0 aromatic heterocycles. The number of unbranched alkanes of at least 4 members (excludes halogenated alkanes) is 1. The number of hydrogen-bond donors (Lipinski definition) is 1. The van der Waals surface area contributed by atoms with Crippen molar-refractivity contribution in [1.29, 1.82) is 0 Å². The molecular formula is C21H21ClN2O3S. The third-order valence-corrected chi connectivity index (χ3v) is 5.78. The predicted molar refractivity (Wildman–Crippen MR) is 113 cm³/mol. The van der Waals surface area contributed by atoms with Gasteiger partial charge in [-0.3, -0.25) is 14.4 Å². The van der Waals surface area contributed by atoms with Crippen LogP contribution >= 0.6 is 23.4 Å². The van der Waals surface area contributed by atoms with Crippen LogP contribution in [0.4, 0.5) is 11.4 Å². The van der Waals surface area contributed by atoms with Gasteiger partial charge in [-0.05, 0) is 48.9 Å². The SMILES string of the molecule is CCCCC(=O)Nc1ccc(S[C@H]2CC(=O)N(c3cccc(Cl)c3)C2=O)cc1. The molecule has 1 atom stereocenters. The van der Waals surface area contributed by atoms with Crippen LogP contribution in [0, 0.1) is 0 Å². The number of nitrogens with one attached hydrogen (secondary N) is 1. The first kappa shape index (κ1) is 20.4. The van der Waals surface area contributed by atoms with Crippen LogP contribution in [0.3, 0.4) is 0 Å². The number of imide groups is 1. The molecule has 28 heavy (non-hydrogen) atoms. The van der Waals surface area contributed by atoms with Gasteiger partial charge in [0.15, 0.2) is 0 Å². The molecule has 1 fully saturated rings. The molecule has 0 unspecified atom stereocenters. The first-order chi connectivity index (χ1) is 13.5. The van der Waals surface area contributed by atoms with Crippen LogP contribution < -0.4 is 10.2 Å². The smallest absolute Gasteiger partial charge is 0.247 e. The van der Waals surface area contributed by atoms with E-state index in [2.05, 4.69) is 5.32 Å². The number of thioether (sulfide) groups is 1. The molecule has 1 heterocycles. The van der Waals surface area contributed by atoms with Gasteiger partial charge in [0.1, 0.15) is 0 Å². The fourth-order valence-corrected chi connectivity index (χ4v) is 4.16. The molecule has 1 aliphatic rings. The van der Waals surface area contributed by atoms with Crippen molar-refractivity contribution in [3.8, 4) is 0 Å². The molecule has 3 rings (SSSR count). The Morgan fingerprint density at radius 2 is 1.96 bits per heavy atom. The highest BCUT2D eigenvalue weighted by Crippen LogP contribution is 2.35. The van der Waals surface area contributed by atoms with Gasteiger partial charge in [-0.1, -0.05) is 31.0 Å². The van der Waals surface area contributed by atoms with E-state index in [1.807, 2.05) is 31.2 Å². The lowest BCUT2D eigenvalue weighted by atomic mass is 10.2. The number of nitrogens with zero attached hydrogens (tertiary/aromatic N) is 1. The Balaban J connectivity index is 1.63. The lowest BCUT2D eigenvalue weighted by Crippen LogP contribution is -2.31. The van der Waals surface area contributed by atoms with E-state index in [0.29, 0.717) is 17.1 Å². The number of hydrogen-bond acceptors (Lipinski definition) is 4. The number of carbonyl (C=O) groups excluding carboxylic acids is 3. The molecule has 5 nitrogen and oxygen atoms in total. The Morgan fingerprint density at radius 3 is 2.64 bits per heavy atom. The van der Waals surface area contributed by atoms with Gasteiger partial charge in [0.25, 0.3) is 0 Å². The first-order valence-corrected chi connectivity index (χ1v) is 10.4. The Labute approximate surface area is 173 Å². The molecule has 0 aliphatic carbocycles. The number of amides is 3. The summed E-state index contributed by atoms with van der Waals surface area (Å²) in [7, 11) is 0. The summed E-state index contributed by atoms with van der Waals surface area (Å²) in [4.78, 5) is 39.0. The Kier molecular flexibility index (Phi) is 6.75. The average Bonchev–Trinajstić information content (AvgIpc) is 2.95. The molecule has 7 heteroatoms. The van der Waals surface area contributed by atoms with Crippen molar-refractivity contribution in [2.24, 2.45) is 0 Å². The van der Waals surface area contributed by atoms with Crippen molar-refractivity contribution >= 4 is 52.5 Å². The van der Waals surface area contributed by atoms with Gasteiger partial charge >= 0.3 is 0 Å². The van der Waals surface area contributed by atoms with Gasteiger partial charge in [0, 0.05) is 28.4 Å². The van der Waals surface area contributed by atoms with Crippen LogP contribution in [0.2, 0.25) is 5.02 Å². The largest absolute Gasteiger partial charge is 0.326 e. The van der Waals surface area contributed by atoms with Gasteiger partial charge in [-0.25, -0.2) is 4.90 Å². The second-order valence-corrected chi connectivity index (χ2v) is 8.25. The molecule has 0 saturated carbocycles. The second-order valence-electron chi connectivity index (χ2n) is 6.53. The fourth-order valence-electron chi connectivity index (χ4n) is 2.92. The number of anilines is 2. The molecule has 2 aromatic rings. The first-order valence-electron chi connectivity index (χ1n) is 9.17. The van der Waals surface area contributed by atoms with Crippen molar-refractivity contribution in [3.63, 3.8) is 0 Å². The van der Waals surface area contributed by atoms with Crippen LogP contribution in [0.5, 0.6) is 0 Å². The van der Waals surface area contributed by atoms with E-state index in [-0.39, 0.29) is 24.1 Å². The highest BCUT2D eigenvalue weighted by Gasteiger charge is 2.40. The van der Waals surface area contributed by atoms with Gasteiger partial charge in [-0.15, -0.1) is 11.8 Å². The Bertz CT molecular complexity index is 885. The zero-order valence-electron chi connectivity index (χ0n) is 15.5. The summed E-state index contributed by atoms with van der Waals surface area (Å²) in [6.45, 7) is 2.04. The van der Waals surface area contributed by atoms with E-state index >= 15 is 0 Å². The zero-order valence-corrected chi connectivity index (χ0v) is 17.1. The molecule has 146 valence electrons. The van der Waals surface area contributed by atoms with Crippen LogP contribution in [0.25, 0.3) is 0 Å². The van der Waals surface area contributed by atoms with Gasteiger partial charge in [0.2, 0.25) is 17.7 Å². The molecule has 0 radical (unpaired) electrons. The molecule has 2 aromatic carbocycles. The van der Waals surface area contributed by atoms with E-state index in [1.54, 1.807) is 24.3 Å². The fraction of sp³-hybridized carbons (Fsp3) is 0.286. The van der Waals surface area contributed by atoms with E-state index < -0.39 is 5.25 Å². The van der Waals surface area contributed by atoms with Gasteiger partial charge < -0.3 is 5.32 Å². The van der Waals surface area contributed by atoms with Crippen LogP contribution in [-0.2, 0) is 14.4 Å². The van der Waals surface area contributed by atoms with Crippen LogP contribution in [0.1, 0.15) is 32.6 Å². The third kappa shape index (κ3) is 4.94. The topological polar surface area (TPSA) is 66.5 Å². The summed E-state index contributed by atoms with van der Waals surface area (Å²) in [5.41, 5.74) is 1.22. The lowest BCUT2D eigenvalue weighted by Gasteiger charge is -2.15. The maximum atomic E-state index is 12.7. The summed E-state index contributed by atoms with van der Waals surface area (Å²) < 4.78 is 0. The molecule has 1 N–H and O–H groups in total. The monoisotopic (exact) mass is 416 g/mol. The Hall–Kier alpha value is -2.31. The maximum Gasteiger partial charge on any atom is 0.247 e.